The standard InChI is InChI=1S/C17H23NO2S/c1-3-14-7-9-18(10-8-14)17(20)16-12-13(2)15(21-16)6-4-5-11-19/h12,14,19H,3,5,7-11H2,1-2H3. The quantitative estimate of drug-likeness (QED) is 0.872. The van der Waals surface area contributed by atoms with Crippen LogP contribution in [0.2, 0.25) is 0 Å². The predicted molar refractivity (Wildman–Crippen MR) is 86.6 cm³/mol. The molecular weight excluding hydrogens is 282 g/mol. The normalized spacial score (nSPS) is 15.7. The van der Waals surface area contributed by atoms with E-state index in [1.54, 1.807) is 0 Å². The van der Waals surface area contributed by atoms with Crippen LogP contribution in [0.25, 0.3) is 0 Å². The molecule has 0 atom stereocenters. The van der Waals surface area contributed by atoms with Crippen molar-refractivity contribution in [3.8, 4) is 11.8 Å². The molecule has 0 saturated carbocycles. The maximum atomic E-state index is 12.5. The number of aliphatic hydroxyl groups excluding tert-OH is 1. The first kappa shape index (κ1) is 16.1. The molecule has 0 unspecified atom stereocenters. The number of hydrogen-bond donors (Lipinski definition) is 1. The van der Waals surface area contributed by atoms with Crippen LogP contribution in [-0.4, -0.2) is 35.6 Å². The van der Waals surface area contributed by atoms with Gasteiger partial charge < -0.3 is 10.0 Å². The molecule has 1 aliphatic rings. The average Bonchev–Trinajstić information content (AvgIpc) is 2.88. The lowest BCUT2D eigenvalue weighted by molar-refractivity contribution is 0.0693. The third kappa shape index (κ3) is 4.09. The fourth-order valence-electron chi connectivity index (χ4n) is 2.61. The second kappa shape index (κ2) is 7.63. The lowest BCUT2D eigenvalue weighted by atomic mass is 9.94. The number of piperidine rings is 1. The smallest absolute Gasteiger partial charge is 0.263 e. The highest BCUT2D eigenvalue weighted by molar-refractivity contribution is 7.14. The number of likely N-dealkylation sites (tertiary alicyclic amines) is 1. The van der Waals surface area contributed by atoms with E-state index in [0.717, 1.165) is 47.2 Å². The van der Waals surface area contributed by atoms with Crippen LogP contribution < -0.4 is 0 Å². The maximum Gasteiger partial charge on any atom is 0.263 e. The molecule has 1 aliphatic heterocycles. The monoisotopic (exact) mass is 305 g/mol. The summed E-state index contributed by atoms with van der Waals surface area (Å²) in [6.07, 6.45) is 3.93. The van der Waals surface area contributed by atoms with Gasteiger partial charge >= 0.3 is 0 Å². The van der Waals surface area contributed by atoms with E-state index in [0.29, 0.717) is 6.42 Å². The number of nitrogens with zero attached hydrogens (tertiary/aromatic N) is 1. The molecule has 0 radical (unpaired) electrons. The van der Waals surface area contributed by atoms with Crippen molar-refractivity contribution < 1.29 is 9.90 Å². The molecule has 2 heterocycles. The molecule has 0 bridgehead atoms. The minimum Gasteiger partial charge on any atom is -0.395 e. The Morgan fingerprint density at radius 3 is 2.81 bits per heavy atom. The van der Waals surface area contributed by atoms with Gasteiger partial charge in [0.25, 0.3) is 5.91 Å². The first-order valence-electron chi connectivity index (χ1n) is 7.65. The molecule has 0 spiro atoms. The van der Waals surface area contributed by atoms with Gasteiger partial charge in [0.1, 0.15) is 0 Å². The predicted octanol–water partition coefficient (Wildman–Crippen LogP) is 3.05. The van der Waals surface area contributed by atoms with E-state index in [1.165, 1.54) is 17.8 Å². The number of carbonyl (C=O) groups excluding carboxylic acids is 1. The molecule has 1 fully saturated rings. The van der Waals surface area contributed by atoms with E-state index in [1.807, 2.05) is 17.9 Å². The molecule has 21 heavy (non-hydrogen) atoms. The first-order chi connectivity index (χ1) is 10.2. The number of rotatable bonds is 3. The third-order valence-corrected chi connectivity index (χ3v) is 5.19. The molecule has 0 aromatic carbocycles. The van der Waals surface area contributed by atoms with Crippen molar-refractivity contribution in [3.63, 3.8) is 0 Å². The summed E-state index contributed by atoms with van der Waals surface area (Å²) in [4.78, 5) is 16.2. The highest BCUT2D eigenvalue weighted by atomic mass is 32.1. The second-order valence-corrected chi connectivity index (χ2v) is 6.59. The van der Waals surface area contributed by atoms with Crippen LogP contribution in [0.1, 0.15) is 52.7 Å². The van der Waals surface area contributed by atoms with Crippen molar-refractivity contribution in [1.82, 2.24) is 4.90 Å². The zero-order valence-electron chi connectivity index (χ0n) is 12.8. The topological polar surface area (TPSA) is 40.5 Å². The summed E-state index contributed by atoms with van der Waals surface area (Å²) in [5.41, 5.74) is 1.05. The zero-order chi connectivity index (χ0) is 15.2. The number of aliphatic hydroxyl groups is 1. The SMILES string of the molecule is CCC1CCN(C(=O)c2cc(C)c(C#CCCO)s2)CC1. The average molecular weight is 305 g/mol. The number of carbonyl (C=O) groups is 1. The number of hydrogen-bond acceptors (Lipinski definition) is 3. The highest BCUT2D eigenvalue weighted by Crippen LogP contribution is 2.26. The van der Waals surface area contributed by atoms with Crippen LogP contribution in [0, 0.1) is 24.7 Å². The van der Waals surface area contributed by atoms with Crippen LogP contribution in [0.4, 0.5) is 0 Å². The Kier molecular flexibility index (Phi) is 5.84. The molecule has 2 rings (SSSR count). The molecule has 4 heteroatoms. The fourth-order valence-corrected chi connectivity index (χ4v) is 3.63. The van der Waals surface area contributed by atoms with Gasteiger partial charge in [-0.3, -0.25) is 4.79 Å². The fraction of sp³-hybridized carbons (Fsp3) is 0.588. The highest BCUT2D eigenvalue weighted by Gasteiger charge is 2.24. The lowest BCUT2D eigenvalue weighted by Gasteiger charge is -2.31. The zero-order valence-corrected chi connectivity index (χ0v) is 13.6. The summed E-state index contributed by atoms with van der Waals surface area (Å²) in [6, 6.07) is 1.95. The Labute approximate surface area is 131 Å². The third-order valence-electron chi connectivity index (χ3n) is 4.05. The molecule has 1 aromatic rings. The van der Waals surface area contributed by atoms with E-state index >= 15 is 0 Å². The Morgan fingerprint density at radius 1 is 1.48 bits per heavy atom. The van der Waals surface area contributed by atoms with Gasteiger partial charge in [-0.05, 0) is 37.3 Å². The van der Waals surface area contributed by atoms with Gasteiger partial charge in [0.2, 0.25) is 0 Å². The van der Waals surface area contributed by atoms with Gasteiger partial charge in [0, 0.05) is 19.5 Å². The Balaban J connectivity index is 2.04. The molecule has 1 amide bonds. The molecule has 1 N–H and O–H groups in total. The Bertz CT molecular complexity index is 545. The van der Waals surface area contributed by atoms with Crippen molar-refractivity contribution in [2.45, 2.75) is 39.5 Å². The van der Waals surface area contributed by atoms with E-state index in [4.69, 9.17) is 5.11 Å². The number of amides is 1. The van der Waals surface area contributed by atoms with E-state index < -0.39 is 0 Å². The maximum absolute atomic E-state index is 12.5. The molecular formula is C17H23NO2S. The van der Waals surface area contributed by atoms with E-state index in [-0.39, 0.29) is 12.5 Å². The Hall–Kier alpha value is -1.31. The van der Waals surface area contributed by atoms with Crippen molar-refractivity contribution in [1.29, 1.82) is 0 Å². The summed E-state index contributed by atoms with van der Waals surface area (Å²) >= 11 is 1.47. The number of aryl methyl sites for hydroxylation is 1. The van der Waals surface area contributed by atoms with Crippen molar-refractivity contribution >= 4 is 17.2 Å². The van der Waals surface area contributed by atoms with Crippen LogP contribution >= 0.6 is 11.3 Å². The lowest BCUT2D eigenvalue weighted by Crippen LogP contribution is -2.38. The summed E-state index contributed by atoms with van der Waals surface area (Å²) in [5, 5.41) is 8.76. The van der Waals surface area contributed by atoms with Crippen LogP contribution in [-0.2, 0) is 0 Å². The molecule has 114 valence electrons. The molecule has 1 aromatic heterocycles. The van der Waals surface area contributed by atoms with Crippen LogP contribution in [0.5, 0.6) is 0 Å². The van der Waals surface area contributed by atoms with Crippen molar-refractivity contribution in [2.24, 2.45) is 5.92 Å². The Morgan fingerprint density at radius 2 is 2.19 bits per heavy atom. The van der Waals surface area contributed by atoms with Gasteiger partial charge in [-0.15, -0.1) is 11.3 Å². The van der Waals surface area contributed by atoms with E-state index in [9.17, 15) is 4.79 Å². The van der Waals surface area contributed by atoms with Gasteiger partial charge in [-0.25, -0.2) is 0 Å². The number of thiophene rings is 1. The summed E-state index contributed by atoms with van der Waals surface area (Å²) in [5.74, 6) is 6.89. The molecule has 3 nitrogen and oxygen atoms in total. The summed E-state index contributed by atoms with van der Waals surface area (Å²) in [7, 11) is 0. The minimum absolute atomic E-state index is 0.0790. The van der Waals surface area contributed by atoms with E-state index in [2.05, 4.69) is 18.8 Å². The molecule has 1 saturated heterocycles. The van der Waals surface area contributed by atoms with Crippen LogP contribution in [0.3, 0.4) is 0 Å². The van der Waals surface area contributed by atoms with Gasteiger partial charge in [0.15, 0.2) is 0 Å². The molecule has 0 aliphatic carbocycles. The summed E-state index contributed by atoms with van der Waals surface area (Å²) in [6.45, 7) is 6.04. The largest absolute Gasteiger partial charge is 0.395 e. The summed E-state index contributed by atoms with van der Waals surface area (Å²) < 4.78 is 0. The van der Waals surface area contributed by atoms with Crippen molar-refractivity contribution in [3.05, 3.63) is 21.4 Å². The van der Waals surface area contributed by atoms with Gasteiger partial charge in [-0.2, -0.15) is 0 Å². The second-order valence-electron chi connectivity index (χ2n) is 5.54. The van der Waals surface area contributed by atoms with Gasteiger partial charge in [0.05, 0.1) is 16.4 Å². The minimum atomic E-state index is 0.0790. The van der Waals surface area contributed by atoms with Gasteiger partial charge in [-0.1, -0.05) is 25.2 Å². The van der Waals surface area contributed by atoms with Crippen molar-refractivity contribution in [2.75, 3.05) is 19.7 Å². The van der Waals surface area contributed by atoms with Crippen LogP contribution in [0.15, 0.2) is 6.07 Å². The first-order valence-corrected chi connectivity index (χ1v) is 8.46.